The second-order valence-electron chi connectivity index (χ2n) is 20.6. The van der Waals surface area contributed by atoms with Gasteiger partial charge in [-0.25, -0.2) is 0 Å². The topological polar surface area (TPSA) is 78.9 Å². The second kappa shape index (κ2) is 61.9. The molecule has 424 valence electrons. The van der Waals surface area contributed by atoms with Gasteiger partial charge in [0, 0.05) is 19.3 Å². The molecule has 0 saturated heterocycles. The van der Waals surface area contributed by atoms with Crippen molar-refractivity contribution in [3.63, 3.8) is 0 Å². The van der Waals surface area contributed by atoms with Crippen molar-refractivity contribution in [1.29, 1.82) is 0 Å². The van der Waals surface area contributed by atoms with Gasteiger partial charge in [-0.3, -0.25) is 14.4 Å². The summed E-state index contributed by atoms with van der Waals surface area (Å²) in [4.78, 5) is 38.3. The van der Waals surface area contributed by atoms with E-state index in [-0.39, 0.29) is 37.5 Å². The summed E-state index contributed by atoms with van der Waals surface area (Å²) in [5.74, 6) is -0.965. The number of carbonyl (C=O) groups is 3. The van der Waals surface area contributed by atoms with E-state index in [9.17, 15) is 14.4 Å². The fourth-order valence-corrected chi connectivity index (χ4v) is 8.62. The fraction of sp³-hybridized carbons (Fsp3) is 0.721. The molecule has 0 N–H and O–H groups in total. The van der Waals surface area contributed by atoms with Crippen LogP contribution in [0.5, 0.6) is 0 Å². The minimum Gasteiger partial charge on any atom is -0.462 e. The highest BCUT2D eigenvalue weighted by Crippen LogP contribution is 2.15. The highest BCUT2D eigenvalue weighted by Gasteiger charge is 2.19. The zero-order chi connectivity index (χ0) is 53.6. The molecule has 0 fully saturated rings. The van der Waals surface area contributed by atoms with Crippen LogP contribution in [0, 0.1) is 0 Å². The minimum atomic E-state index is -0.813. The molecule has 74 heavy (non-hydrogen) atoms. The number of ether oxygens (including phenoxy) is 3. The van der Waals surface area contributed by atoms with Gasteiger partial charge >= 0.3 is 17.9 Å². The predicted octanol–water partition coefficient (Wildman–Crippen LogP) is 21.3. The normalized spacial score (nSPS) is 12.7. The van der Waals surface area contributed by atoms with Gasteiger partial charge in [0.15, 0.2) is 6.10 Å². The third kappa shape index (κ3) is 59.2. The molecule has 0 aliphatic carbocycles. The van der Waals surface area contributed by atoms with Crippen molar-refractivity contribution >= 4 is 17.9 Å². The van der Waals surface area contributed by atoms with Gasteiger partial charge in [-0.1, -0.05) is 259 Å². The van der Waals surface area contributed by atoms with E-state index in [1.54, 1.807) is 0 Å². The largest absolute Gasteiger partial charge is 0.462 e. The SMILES string of the molecule is CC/C=C\C/C=C\C/C=C\C/C=C\C/C=C\CCCC(=O)OC(COC(=O)CCCCCCC/C=C\CCCCCCCCC)COC(=O)CCCCCCCCCCCCC/C=C\C/C=C\CCCCCCC. The van der Waals surface area contributed by atoms with Crippen molar-refractivity contribution in [3.05, 3.63) is 97.2 Å². The summed E-state index contributed by atoms with van der Waals surface area (Å²) in [5.41, 5.74) is 0. The third-order valence-corrected chi connectivity index (χ3v) is 13.3. The highest BCUT2D eigenvalue weighted by molar-refractivity contribution is 5.71. The van der Waals surface area contributed by atoms with Crippen LogP contribution in [0.25, 0.3) is 0 Å². The highest BCUT2D eigenvalue weighted by atomic mass is 16.6. The molecule has 1 unspecified atom stereocenters. The summed E-state index contributed by atoms with van der Waals surface area (Å²) < 4.78 is 16.9. The molecule has 0 spiro atoms. The third-order valence-electron chi connectivity index (χ3n) is 13.3. The molecule has 0 rings (SSSR count). The number of rotatable bonds is 56. The number of hydrogen-bond donors (Lipinski definition) is 0. The summed E-state index contributed by atoms with van der Waals surface area (Å²) in [5, 5.41) is 0. The van der Waals surface area contributed by atoms with Crippen LogP contribution in [0.3, 0.4) is 0 Å². The van der Waals surface area contributed by atoms with E-state index in [2.05, 4.69) is 118 Å². The monoisotopic (exact) mass is 1030 g/mol. The first-order valence-corrected chi connectivity index (χ1v) is 31.2. The lowest BCUT2D eigenvalue weighted by atomic mass is 10.0. The fourth-order valence-electron chi connectivity index (χ4n) is 8.62. The summed E-state index contributed by atoms with van der Waals surface area (Å²) in [7, 11) is 0. The predicted molar refractivity (Wildman–Crippen MR) is 320 cm³/mol. The van der Waals surface area contributed by atoms with Crippen LogP contribution in [0.1, 0.15) is 297 Å². The van der Waals surface area contributed by atoms with Gasteiger partial charge in [0.2, 0.25) is 0 Å². The van der Waals surface area contributed by atoms with Crippen molar-refractivity contribution in [3.8, 4) is 0 Å². The summed E-state index contributed by atoms with van der Waals surface area (Å²) in [6, 6.07) is 0. The van der Waals surface area contributed by atoms with Crippen LogP contribution < -0.4 is 0 Å². The first-order chi connectivity index (χ1) is 36.5. The average Bonchev–Trinajstić information content (AvgIpc) is 3.40. The number of hydrogen-bond acceptors (Lipinski definition) is 6. The van der Waals surface area contributed by atoms with Gasteiger partial charge < -0.3 is 14.2 Å². The molecular weight excluding hydrogens is 913 g/mol. The molecule has 0 aromatic heterocycles. The van der Waals surface area contributed by atoms with Gasteiger partial charge in [-0.2, -0.15) is 0 Å². The summed E-state index contributed by atoms with van der Waals surface area (Å²) in [6.07, 6.45) is 82.7. The Hall–Kier alpha value is -3.67. The maximum absolute atomic E-state index is 12.9. The van der Waals surface area contributed by atoms with E-state index in [4.69, 9.17) is 14.2 Å². The molecule has 0 aliphatic rings. The van der Waals surface area contributed by atoms with Gasteiger partial charge in [0.1, 0.15) is 13.2 Å². The van der Waals surface area contributed by atoms with E-state index in [1.807, 2.05) is 0 Å². The van der Waals surface area contributed by atoms with Crippen molar-refractivity contribution in [1.82, 2.24) is 0 Å². The van der Waals surface area contributed by atoms with Crippen LogP contribution in [-0.2, 0) is 28.6 Å². The lowest BCUT2D eigenvalue weighted by Crippen LogP contribution is -2.30. The Kier molecular flexibility index (Phi) is 58.8. The molecule has 1 atom stereocenters. The number of esters is 3. The second-order valence-corrected chi connectivity index (χ2v) is 20.6. The van der Waals surface area contributed by atoms with Crippen LogP contribution >= 0.6 is 0 Å². The van der Waals surface area contributed by atoms with Gasteiger partial charge in [0.05, 0.1) is 0 Å². The summed E-state index contributed by atoms with van der Waals surface area (Å²) in [6.45, 7) is 6.48. The molecule has 0 radical (unpaired) electrons. The quantitative estimate of drug-likeness (QED) is 0.0261. The zero-order valence-corrected chi connectivity index (χ0v) is 48.6. The van der Waals surface area contributed by atoms with Crippen molar-refractivity contribution in [2.24, 2.45) is 0 Å². The van der Waals surface area contributed by atoms with E-state index < -0.39 is 6.10 Å². The summed E-state index contributed by atoms with van der Waals surface area (Å²) >= 11 is 0. The molecule has 0 aromatic rings. The smallest absolute Gasteiger partial charge is 0.306 e. The van der Waals surface area contributed by atoms with Gasteiger partial charge in [-0.15, -0.1) is 0 Å². The standard InChI is InChI=1S/C68H116O6/c1-4-7-10-13-16-19-22-25-28-31-32-33-34-35-36-38-40-43-46-49-52-55-58-61-67(70)73-64-65(63-72-66(69)60-57-54-51-48-45-42-39-30-27-24-21-18-15-12-9-6-3)74-68(71)62-59-56-53-50-47-44-41-37-29-26-23-20-17-14-11-8-5-2/h8,11,17,20,22,25-26,29-32,39,41,44,50,53,65H,4-7,9-10,12-16,18-19,21,23-24,27-28,33-38,40,42-43,45-49,51-52,54-64H2,1-3H3/b11-8-,20-17-,25-22-,29-26-,32-31-,39-30-,44-41-,53-50-. The van der Waals surface area contributed by atoms with Crippen LogP contribution in [-0.4, -0.2) is 37.2 Å². The minimum absolute atomic E-state index is 0.103. The lowest BCUT2D eigenvalue weighted by molar-refractivity contribution is -0.167. The van der Waals surface area contributed by atoms with Crippen molar-refractivity contribution in [2.75, 3.05) is 13.2 Å². The van der Waals surface area contributed by atoms with Crippen molar-refractivity contribution < 1.29 is 28.6 Å². The Labute approximate surface area is 457 Å². The van der Waals surface area contributed by atoms with Crippen LogP contribution in [0.15, 0.2) is 97.2 Å². The Morgan fingerprint density at radius 2 is 0.541 bits per heavy atom. The molecule has 0 saturated carbocycles. The van der Waals surface area contributed by atoms with Crippen LogP contribution in [0.4, 0.5) is 0 Å². The maximum atomic E-state index is 12.9. The molecule has 6 heteroatoms. The molecule has 0 bridgehead atoms. The maximum Gasteiger partial charge on any atom is 0.306 e. The van der Waals surface area contributed by atoms with E-state index >= 15 is 0 Å². The molecule has 0 aliphatic heterocycles. The van der Waals surface area contributed by atoms with E-state index in [0.29, 0.717) is 19.3 Å². The average molecular weight is 1030 g/mol. The lowest BCUT2D eigenvalue weighted by Gasteiger charge is -2.18. The molecule has 0 amide bonds. The number of unbranched alkanes of at least 4 members (excludes halogenated alkanes) is 29. The van der Waals surface area contributed by atoms with E-state index in [1.165, 1.54) is 161 Å². The number of carbonyl (C=O) groups excluding carboxylic acids is 3. The van der Waals surface area contributed by atoms with E-state index in [0.717, 1.165) is 89.9 Å². The van der Waals surface area contributed by atoms with Crippen LogP contribution in [0.2, 0.25) is 0 Å². The molecule has 6 nitrogen and oxygen atoms in total. The zero-order valence-electron chi connectivity index (χ0n) is 48.6. The number of allylic oxidation sites excluding steroid dienone is 16. The first-order valence-electron chi connectivity index (χ1n) is 31.2. The molecular formula is C68H116O6. The van der Waals surface area contributed by atoms with Crippen molar-refractivity contribution in [2.45, 2.75) is 303 Å². The molecule has 0 aromatic carbocycles. The Balaban J connectivity index is 4.43. The van der Waals surface area contributed by atoms with Gasteiger partial charge in [-0.05, 0) is 116 Å². The molecule has 0 heterocycles. The Bertz CT molecular complexity index is 1460. The van der Waals surface area contributed by atoms with Gasteiger partial charge in [0.25, 0.3) is 0 Å². The first kappa shape index (κ1) is 70.3. The Morgan fingerprint density at radius 3 is 0.878 bits per heavy atom. The Morgan fingerprint density at radius 1 is 0.284 bits per heavy atom.